The van der Waals surface area contributed by atoms with Gasteiger partial charge < -0.3 is 0 Å². The van der Waals surface area contributed by atoms with Crippen LogP contribution in [0.4, 0.5) is 5.69 Å². The van der Waals surface area contributed by atoms with Crippen LogP contribution in [0.15, 0.2) is 71.0 Å². The molecule has 3 aromatic rings. The molecule has 22 heavy (non-hydrogen) atoms. The first-order chi connectivity index (χ1) is 10.6. The molecule has 0 bridgehead atoms. The minimum atomic E-state index is -3.67. The lowest BCUT2D eigenvalue weighted by atomic mass is 10.3. The molecule has 1 N–H and O–H groups in total. The highest BCUT2D eigenvalue weighted by Gasteiger charge is 2.16. The van der Waals surface area contributed by atoms with E-state index in [1.807, 2.05) is 0 Å². The van der Waals surface area contributed by atoms with Crippen molar-refractivity contribution in [1.29, 1.82) is 0 Å². The third kappa shape index (κ3) is 2.83. The van der Waals surface area contributed by atoms with Crippen molar-refractivity contribution in [1.82, 2.24) is 14.8 Å². The molecule has 2 aromatic carbocycles. The fourth-order valence-corrected chi connectivity index (χ4v) is 3.28. The number of thiol groups is 1. The summed E-state index contributed by atoms with van der Waals surface area (Å²) in [4.78, 5) is 0.194. The maximum atomic E-state index is 12.4. The summed E-state index contributed by atoms with van der Waals surface area (Å²) in [5.74, 6) is 0. The molecule has 0 saturated carbocycles. The SMILES string of the molecule is O=S(=O)(Nc1ccccc1-n1cnnc1S)c1ccccc1. The zero-order valence-electron chi connectivity index (χ0n) is 11.3. The number of benzene rings is 2. The normalized spacial score (nSPS) is 11.3. The Hall–Kier alpha value is -2.32. The molecule has 0 aliphatic rings. The van der Waals surface area contributed by atoms with Crippen LogP contribution in [0.5, 0.6) is 0 Å². The number of hydrogen-bond donors (Lipinski definition) is 2. The summed E-state index contributed by atoms with van der Waals surface area (Å²) in [5, 5.41) is 7.91. The summed E-state index contributed by atoms with van der Waals surface area (Å²) in [6.45, 7) is 0. The van der Waals surface area contributed by atoms with E-state index in [2.05, 4.69) is 27.5 Å². The molecule has 0 amide bonds. The van der Waals surface area contributed by atoms with Gasteiger partial charge in [-0.15, -0.1) is 22.8 Å². The van der Waals surface area contributed by atoms with Crippen molar-refractivity contribution in [2.75, 3.05) is 4.72 Å². The Labute approximate surface area is 133 Å². The van der Waals surface area contributed by atoms with E-state index in [0.29, 0.717) is 16.5 Å². The summed E-state index contributed by atoms with van der Waals surface area (Å²) in [6.07, 6.45) is 1.47. The van der Waals surface area contributed by atoms with Crippen molar-refractivity contribution in [3.63, 3.8) is 0 Å². The van der Waals surface area contributed by atoms with E-state index >= 15 is 0 Å². The molecule has 0 fully saturated rings. The maximum Gasteiger partial charge on any atom is 0.261 e. The zero-order chi connectivity index (χ0) is 15.6. The second-order valence-corrected chi connectivity index (χ2v) is 6.52. The average molecular weight is 332 g/mol. The van der Waals surface area contributed by atoms with E-state index in [0.717, 1.165) is 0 Å². The van der Waals surface area contributed by atoms with E-state index in [1.54, 1.807) is 47.0 Å². The molecule has 3 rings (SSSR count). The molecule has 0 saturated heterocycles. The van der Waals surface area contributed by atoms with E-state index in [1.165, 1.54) is 18.5 Å². The van der Waals surface area contributed by atoms with Crippen LogP contribution in [0.3, 0.4) is 0 Å². The summed E-state index contributed by atoms with van der Waals surface area (Å²) >= 11 is 4.20. The van der Waals surface area contributed by atoms with Gasteiger partial charge in [0.05, 0.1) is 16.3 Å². The first-order valence-corrected chi connectivity index (χ1v) is 8.27. The van der Waals surface area contributed by atoms with Crippen LogP contribution >= 0.6 is 12.6 Å². The van der Waals surface area contributed by atoms with Gasteiger partial charge in [0.1, 0.15) is 6.33 Å². The van der Waals surface area contributed by atoms with Crippen LogP contribution in [0.25, 0.3) is 5.69 Å². The van der Waals surface area contributed by atoms with Crippen molar-refractivity contribution in [3.05, 3.63) is 60.9 Å². The minimum absolute atomic E-state index is 0.194. The zero-order valence-corrected chi connectivity index (χ0v) is 13.0. The molecule has 0 radical (unpaired) electrons. The van der Waals surface area contributed by atoms with Gasteiger partial charge in [0.15, 0.2) is 5.16 Å². The summed E-state index contributed by atoms with van der Waals surface area (Å²) in [6, 6.07) is 15.1. The van der Waals surface area contributed by atoms with Crippen LogP contribution < -0.4 is 4.72 Å². The Kier molecular flexibility index (Phi) is 3.86. The van der Waals surface area contributed by atoms with Gasteiger partial charge in [0.25, 0.3) is 10.0 Å². The summed E-state index contributed by atoms with van der Waals surface area (Å²) in [5.41, 5.74) is 1.01. The second-order valence-electron chi connectivity index (χ2n) is 4.44. The van der Waals surface area contributed by atoms with E-state index in [4.69, 9.17) is 0 Å². The quantitative estimate of drug-likeness (QED) is 0.719. The lowest BCUT2D eigenvalue weighted by molar-refractivity contribution is 0.601. The number of aromatic nitrogens is 3. The van der Waals surface area contributed by atoms with Gasteiger partial charge in [-0.1, -0.05) is 30.3 Å². The molecule has 112 valence electrons. The van der Waals surface area contributed by atoms with Gasteiger partial charge in [0.2, 0.25) is 0 Å². The van der Waals surface area contributed by atoms with Crippen molar-refractivity contribution in [2.45, 2.75) is 10.1 Å². The lowest BCUT2D eigenvalue weighted by Gasteiger charge is -2.13. The fourth-order valence-electron chi connectivity index (χ4n) is 1.97. The number of hydrogen-bond acceptors (Lipinski definition) is 5. The van der Waals surface area contributed by atoms with Crippen molar-refractivity contribution in [2.24, 2.45) is 0 Å². The third-order valence-electron chi connectivity index (χ3n) is 2.99. The van der Waals surface area contributed by atoms with Crippen LogP contribution in [0.2, 0.25) is 0 Å². The number of nitrogens with one attached hydrogen (secondary N) is 1. The predicted molar refractivity (Wildman–Crippen MR) is 85.9 cm³/mol. The molecule has 0 aliphatic carbocycles. The number of nitrogens with zero attached hydrogens (tertiary/aromatic N) is 3. The highest BCUT2D eigenvalue weighted by Crippen LogP contribution is 2.24. The van der Waals surface area contributed by atoms with E-state index in [9.17, 15) is 8.42 Å². The summed E-state index contributed by atoms with van der Waals surface area (Å²) < 4.78 is 29.0. The molecule has 1 aromatic heterocycles. The number of sulfonamides is 1. The van der Waals surface area contributed by atoms with Crippen LogP contribution in [0.1, 0.15) is 0 Å². The average Bonchev–Trinajstić information content (AvgIpc) is 2.94. The molecule has 1 heterocycles. The maximum absolute atomic E-state index is 12.4. The minimum Gasteiger partial charge on any atom is -0.277 e. The first kappa shape index (κ1) is 14.6. The highest BCUT2D eigenvalue weighted by molar-refractivity contribution is 7.92. The standard InChI is InChI=1S/C14H12N4O2S2/c19-22(20,11-6-2-1-3-7-11)17-12-8-4-5-9-13(12)18-10-15-16-14(18)21/h1-10,17H,(H,16,21). The Morgan fingerprint density at radius 2 is 1.68 bits per heavy atom. The molecular formula is C14H12N4O2S2. The third-order valence-corrected chi connectivity index (χ3v) is 4.68. The largest absolute Gasteiger partial charge is 0.277 e. The molecule has 0 spiro atoms. The monoisotopic (exact) mass is 332 g/mol. The number of anilines is 1. The van der Waals surface area contributed by atoms with Crippen molar-refractivity contribution >= 4 is 28.3 Å². The van der Waals surface area contributed by atoms with Gasteiger partial charge in [-0.2, -0.15) is 0 Å². The van der Waals surface area contributed by atoms with Crippen LogP contribution in [-0.2, 0) is 10.0 Å². The molecule has 6 nitrogen and oxygen atoms in total. The van der Waals surface area contributed by atoms with Gasteiger partial charge in [-0.3, -0.25) is 9.29 Å². The second kappa shape index (κ2) is 5.82. The molecule has 8 heteroatoms. The van der Waals surface area contributed by atoms with Crippen molar-refractivity contribution < 1.29 is 8.42 Å². The van der Waals surface area contributed by atoms with E-state index < -0.39 is 10.0 Å². The Morgan fingerprint density at radius 3 is 2.36 bits per heavy atom. The molecular weight excluding hydrogens is 320 g/mol. The number of rotatable bonds is 4. The van der Waals surface area contributed by atoms with Crippen molar-refractivity contribution in [3.8, 4) is 5.69 Å². The predicted octanol–water partition coefficient (Wildman–Crippen LogP) is 2.36. The van der Waals surface area contributed by atoms with Gasteiger partial charge >= 0.3 is 0 Å². The van der Waals surface area contributed by atoms with Gasteiger partial charge in [-0.05, 0) is 24.3 Å². The Balaban J connectivity index is 2.03. The Morgan fingerprint density at radius 1 is 1.00 bits per heavy atom. The molecule has 0 unspecified atom stereocenters. The highest BCUT2D eigenvalue weighted by atomic mass is 32.2. The van der Waals surface area contributed by atoms with Crippen LogP contribution in [0, 0.1) is 0 Å². The Bertz CT molecular complexity index is 892. The van der Waals surface area contributed by atoms with Gasteiger partial charge in [-0.25, -0.2) is 8.42 Å². The van der Waals surface area contributed by atoms with E-state index in [-0.39, 0.29) is 4.90 Å². The molecule has 0 aliphatic heterocycles. The van der Waals surface area contributed by atoms with Crippen LogP contribution in [-0.4, -0.2) is 23.2 Å². The summed E-state index contributed by atoms with van der Waals surface area (Å²) in [7, 11) is -3.67. The fraction of sp³-hybridized carbons (Fsp3) is 0. The lowest BCUT2D eigenvalue weighted by Crippen LogP contribution is -2.14. The number of para-hydroxylation sites is 2. The smallest absolute Gasteiger partial charge is 0.261 e. The molecule has 0 atom stereocenters. The first-order valence-electron chi connectivity index (χ1n) is 6.34. The topological polar surface area (TPSA) is 76.9 Å². The van der Waals surface area contributed by atoms with Gasteiger partial charge in [0, 0.05) is 0 Å².